The van der Waals surface area contributed by atoms with Gasteiger partial charge in [-0.05, 0) is 42.8 Å². The van der Waals surface area contributed by atoms with Crippen LogP contribution in [0.2, 0.25) is 0 Å². The molecule has 0 saturated carbocycles. The summed E-state index contributed by atoms with van der Waals surface area (Å²) in [6.07, 6.45) is 3.74. The smallest absolute Gasteiger partial charge is 0.274 e. The van der Waals surface area contributed by atoms with E-state index in [1.165, 1.54) is 11.3 Å². The predicted octanol–water partition coefficient (Wildman–Crippen LogP) is 5.17. The summed E-state index contributed by atoms with van der Waals surface area (Å²) in [6.45, 7) is 4.15. The van der Waals surface area contributed by atoms with E-state index in [-0.39, 0.29) is 12.0 Å². The standard InChI is InChI=1S/C24H28N2O4S/c1-3-4-14-29-20-7-5-6-17(15-20)23(27)26-12-10-18(11-13-26)30-24-25-21-9-8-19(28-2)16-22(21)31-24/h5-9,15-16,18H,3-4,10-14H2,1-2H3. The third-order valence-electron chi connectivity index (χ3n) is 5.42. The number of methoxy groups -OCH3 is 1. The van der Waals surface area contributed by atoms with Gasteiger partial charge >= 0.3 is 0 Å². The molecule has 2 aromatic carbocycles. The lowest BCUT2D eigenvalue weighted by atomic mass is 10.1. The monoisotopic (exact) mass is 440 g/mol. The SMILES string of the molecule is CCCCOc1cccc(C(=O)N2CCC(Oc3nc4ccc(OC)cc4s3)CC2)c1. The van der Waals surface area contributed by atoms with Gasteiger partial charge in [0.15, 0.2) is 0 Å². The fourth-order valence-corrected chi connectivity index (χ4v) is 4.53. The van der Waals surface area contributed by atoms with Crippen LogP contribution in [0.1, 0.15) is 43.0 Å². The highest BCUT2D eigenvalue weighted by Crippen LogP contribution is 2.32. The molecule has 3 aromatic rings. The van der Waals surface area contributed by atoms with E-state index in [0.717, 1.165) is 47.4 Å². The number of amides is 1. The highest BCUT2D eigenvalue weighted by Gasteiger charge is 2.25. The molecule has 0 aliphatic carbocycles. The quantitative estimate of drug-likeness (QED) is 0.453. The van der Waals surface area contributed by atoms with Crippen molar-refractivity contribution in [3.8, 4) is 16.7 Å². The highest BCUT2D eigenvalue weighted by atomic mass is 32.1. The Balaban J connectivity index is 1.32. The molecule has 6 nitrogen and oxygen atoms in total. The van der Waals surface area contributed by atoms with Crippen LogP contribution in [0.15, 0.2) is 42.5 Å². The third kappa shape index (κ3) is 5.28. The second-order valence-electron chi connectivity index (χ2n) is 7.65. The fourth-order valence-electron chi connectivity index (χ4n) is 3.62. The Kier molecular flexibility index (Phi) is 6.92. The van der Waals surface area contributed by atoms with E-state index in [9.17, 15) is 4.79 Å². The van der Waals surface area contributed by atoms with Crippen LogP contribution in [-0.4, -0.2) is 48.7 Å². The Hall–Kier alpha value is -2.80. The van der Waals surface area contributed by atoms with Crippen molar-refractivity contribution in [1.82, 2.24) is 9.88 Å². The topological polar surface area (TPSA) is 60.9 Å². The summed E-state index contributed by atoms with van der Waals surface area (Å²) >= 11 is 1.53. The van der Waals surface area contributed by atoms with Crippen LogP contribution in [0.25, 0.3) is 10.2 Å². The molecule has 0 spiro atoms. The number of ether oxygens (including phenoxy) is 3. The van der Waals surface area contributed by atoms with Crippen molar-refractivity contribution in [3.05, 3.63) is 48.0 Å². The molecule has 0 bridgehead atoms. The molecule has 1 amide bonds. The molecule has 2 heterocycles. The molecule has 1 saturated heterocycles. The maximum atomic E-state index is 12.9. The second-order valence-corrected chi connectivity index (χ2v) is 8.65. The van der Waals surface area contributed by atoms with Gasteiger partial charge in [0, 0.05) is 31.5 Å². The van der Waals surface area contributed by atoms with E-state index in [0.29, 0.717) is 30.5 Å². The first-order valence-corrected chi connectivity index (χ1v) is 11.6. The lowest BCUT2D eigenvalue weighted by Crippen LogP contribution is -2.41. The van der Waals surface area contributed by atoms with Crippen molar-refractivity contribution in [2.45, 2.75) is 38.7 Å². The molecule has 0 atom stereocenters. The van der Waals surface area contributed by atoms with Crippen LogP contribution in [0, 0.1) is 0 Å². The first-order chi connectivity index (χ1) is 15.2. The Bertz CT molecular complexity index is 1030. The molecule has 1 aromatic heterocycles. The van der Waals surface area contributed by atoms with Crippen LogP contribution >= 0.6 is 11.3 Å². The number of nitrogens with zero attached hydrogens (tertiary/aromatic N) is 2. The fraction of sp³-hybridized carbons (Fsp3) is 0.417. The Morgan fingerprint density at radius 1 is 1.16 bits per heavy atom. The van der Waals surface area contributed by atoms with E-state index in [1.54, 1.807) is 7.11 Å². The van der Waals surface area contributed by atoms with E-state index < -0.39 is 0 Å². The number of hydrogen-bond donors (Lipinski definition) is 0. The van der Waals surface area contributed by atoms with Crippen molar-refractivity contribution in [2.24, 2.45) is 0 Å². The van der Waals surface area contributed by atoms with Crippen LogP contribution < -0.4 is 14.2 Å². The predicted molar refractivity (Wildman–Crippen MR) is 123 cm³/mol. The van der Waals surface area contributed by atoms with E-state index in [1.807, 2.05) is 47.4 Å². The van der Waals surface area contributed by atoms with Crippen molar-refractivity contribution in [2.75, 3.05) is 26.8 Å². The first-order valence-electron chi connectivity index (χ1n) is 10.8. The normalized spacial score (nSPS) is 14.6. The van der Waals surface area contributed by atoms with Crippen LogP contribution in [0.4, 0.5) is 0 Å². The number of piperidine rings is 1. The van der Waals surface area contributed by atoms with E-state index in [2.05, 4.69) is 11.9 Å². The third-order valence-corrected chi connectivity index (χ3v) is 6.33. The number of hydrogen-bond acceptors (Lipinski definition) is 6. The van der Waals surface area contributed by atoms with Crippen LogP contribution in [0.5, 0.6) is 16.7 Å². The minimum Gasteiger partial charge on any atom is -0.497 e. The largest absolute Gasteiger partial charge is 0.497 e. The van der Waals surface area contributed by atoms with Gasteiger partial charge in [0.1, 0.15) is 17.6 Å². The Morgan fingerprint density at radius 2 is 2.00 bits per heavy atom. The number of likely N-dealkylation sites (tertiary alicyclic amines) is 1. The molecule has 164 valence electrons. The van der Waals surface area contributed by atoms with Gasteiger partial charge in [0.05, 0.1) is 23.9 Å². The first kappa shape index (κ1) is 21.4. The van der Waals surface area contributed by atoms with Crippen LogP contribution in [-0.2, 0) is 0 Å². The summed E-state index contributed by atoms with van der Waals surface area (Å²) in [5.74, 6) is 1.62. The summed E-state index contributed by atoms with van der Waals surface area (Å²) in [7, 11) is 1.66. The number of aromatic nitrogens is 1. The van der Waals surface area contributed by atoms with Gasteiger partial charge in [-0.1, -0.05) is 30.7 Å². The molecule has 0 N–H and O–H groups in total. The Morgan fingerprint density at radius 3 is 2.77 bits per heavy atom. The molecule has 1 fully saturated rings. The number of rotatable bonds is 8. The van der Waals surface area contributed by atoms with Crippen molar-refractivity contribution in [3.63, 3.8) is 0 Å². The zero-order valence-corrected chi connectivity index (χ0v) is 18.8. The molecular formula is C24H28N2O4S. The number of benzene rings is 2. The number of unbranched alkanes of at least 4 members (excludes halogenated alkanes) is 1. The number of fused-ring (bicyclic) bond motifs is 1. The summed E-state index contributed by atoms with van der Waals surface area (Å²) < 4.78 is 18.2. The number of thiazole rings is 1. The average Bonchev–Trinajstić information content (AvgIpc) is 3.21. The second kappa shape index (κ2) is 10.0. The molecule has 4 rings (SSSR count). The van der Waals surface area contributed by atoms with Gasteiger partial charge in [-0.15, -0.1) is 0 Å². The summed E-state index contributed by atoms with van der Waals surface area (Å²) in [6, 6.07) is 13.3. The molecule has 0 radical (unpaired) electrons. The van der Waals surface area contributed by atoms with Crippen molar-refractivity contribution in [1.29, 1.82) is 0 Å². The van der Waals surface area contributed by atoms with Gasteiger partial charge in [-0.3, -0.25) is 4.79 Å². The van der Waals surface area contributed by atoms with Gasteiger partial charge in [-0.2, -0.15) is 0 Å². The molecule has 31 heavy (non-hydrogen) atoms. The van der Waals surface area contributed by atoms with E-state index in [4.69, 9.17) is 14.2 Å². The maximum absolute atomic E-state index is 12.9. The average molecular weight is 441 g/mol. The minimum atomic E-state index is 0.0477. The zero-order chi connectivity index (χ0) is 21.6. The summed E-state index contributed by atoms with van der Waals surface area (Å²) in [5.41, 5.74) is 1.59. The highest BCUT2D eigenvalue weighted by molar-refractivity contribution is 7.20. The molecule has 0 unspecified atom stereocenters. The Labute approximate surface area is 186 Å². The summed E-state index contributed by atoms with van der Waals surface area (Å²) in [4.78, 5) is 19.4. The van der Waals surface area contributed by atoms with Gasteiger partial charge in [0.25, 0.3) is 11.1 Å². The molecule has 1 aliphatic heterocycles. The maximum Gasteiger partial charge on any atom is 0.274 e. The number of carbonyl (C=O) groups is 1. The lowest BCUT2D eigenvalue weighted by Gasteiger charge is -2.31. The van der Waals surface area contributed by atoms with Gasteiger partial charge in [-0.25, -0.2) is 4.98 Å². The van der Waals surface area contributed by atoms with Gasteiger partial charge < -0.3 is 19.1 Å². The van der Waals surface area contributed by atoms with Crippen molar-refractivity contribution >= 4 is 27.5 Å². The zero-order valence-electron chi connectivity index (χ0n) is 18.0. The summed E-state index contributed by atoms with van der Waals surface area (Å²) in [5, 5.41) is 0.671. The lowest BCUT2D eigenvalue weighted by molar-refractivity contribution is 0.0595. The molecular weight excluding hydrogens is 412 g/mol. The minimum absolute atomic E-state index is 0.0477. The molecule has 1 aliphatic rings. The number of carbonyl (C=O) groups excluding carboxylic acids is 1. The molecule has 7 heteroatoms. The van der Waals surface area contributed by atoms with Crippen LogP contribution in [0.3, 0.4) is 0 Å². The van der Waals surface area contributed by atoms with E-state index >= 15 is 0 Å². The van der Waals surface area contributed by atoms with Gasteiger partial charge in [0.2, 0.25) is 0 Å². The van der Waals surface area contributed by atoms with Crippen molar-refractivity contribution < 1.29 is 19.0 Å².